The van der Waals surface area contributed by atoms with Crippen molar-refractivity contribution in [1.82, 2.24) is 4.98 Å². The highest BCUT2D eigenvalue weighted by molar-refractivity contribution is 9.10. The molecule has 1 N–H and O–H groups in total. The van der Waals surface area contributed by atoms with E-state index in [-0.39, 0.29) is 0 Å². The van der Waals surface area contributed by atoms with Crippen LogP contribution in [0.2, 0.25) is 5.02 Å². The Balaban J connectivity index is 2.28. The smallest absolute Gasteiger partial charge is 0.144 e. The number of aromatic nitrogens is 1. The topological polar surface area (TPSA) is 24.9 Å². The third-order valence-corrected chi connectivity index (χ3v) is 3.61. The van der Waals surface area contributed by atoms with Crippen LogP contribution in [0.3, 0.4) is 0 Å². The number of halogens is 2. The first-order valence-electron chi connectivity index (χ1n) is 5.77. The van der Waals surface area contributed by atoms with Crippen molar-refractivity contribution in [2.45, 2.75) is 20.3 Å². The van der Waals surface area contributed by atoms with E-state index in [1.165, 1.54) is 11.1 Å². The monoisotopic (exact) mass is 324 g/mol. The summed E-state index contributed by atoms with van der Waals surface area (Å²) < 4.78 is 0.855. The number of nitrogens with one attached hydrogen (secondary N) is 1. The van der Waals surface area contributed by atoms with Gasteiger partial charge in [0.2, 0.25) is 0 Å². The average Bonchev–Trinajstić information content (AvgIpc) is 2.35. The zero-order valence-corrected chi connectivity index (χ0v) is 12.6. The first-order chi connectivity index (χ1) is 8.60. The Bertz CT molecular complexity index is 570. The van der Waals surface area contributed by atoms with Gasteiger partial charge in [-0.05, 0) is 58.6 Å². The predicted octanol–water partition coefficient (Wildman–Crippen LogP) is 5.11. The molecule has 2 rings (SSSR count). The molecule has 18 heavy (non-hydrogen) atoms. The fourth-order valence-corrected chi connectivity index (χ4v) is 2.51. The summed E-state index contributed by atoms with van der Waals surface area (Å²) in [7, 11) is 0. The van der Waals surface area contributed by atoms with Crippen molar-refractivity contribution in [2.24, 2.45) is 0 Å². The van der Waals surface area contributed by atoms with E-state index in [1.54, 1.807) is 6.20 Å². The van der Waals surface area contributed by atoms with Crippen molar-refractivity contribution < 1.29 is 0 Å². The van der Waals surface area contributed by atoms with Crippen LogP contribution in [0.5, 0.6) is 0 Å². The Hall–Kier alpha value is -1.06. The maximum absolute atomic E-state index is 5.87. The van der Waals surface area contributed by atoms with Crippen molar-refractivity contribution in [1.29, 1.82) is 0 Å². The fourth-order valence-electron chi connectivity index (χ4n) is 1.77. The van der Waals surface area contributed by atoms with Gasteiger partial charge in [0.05, 0.1) is 9.50 Å². The van der Waals surface area contributed by atoms with Crippen LogP contribution < -0.4 is 5.32 Å². The molecule has 0 atom stereocenters. The number of benzene rings is 1. The van der Waals surface area contributed by atoms with Gasteiger partial charge in [0.1, 0.15) is 5.82 Å². The van der Waals surface area contributed by atoms with E-state index in [9.17, 15) is 0 Å². The van der Waals surface area contributed by atoms with Crippen molar-refractivity contribution >= 4 is 39.0 Å². The van der Waals surface area contributed by atoms with Crippen molar-refractivity contribution in [2.75, 3.05) is 5.32 Å². The number of anilines is 2. The van der Waals surface area contributed by atoms with Gasteiger partial charge in [-0.15, -0.1) is 0 Å². The quantitative estimate of drug-likeness (QED) is 0.848. The molecule has 2 nitrogen and oxygen atoms in total. The third kappa shape index (κ3) is 3.03. The Labute approximate surface area is 121 Å². The number of rotatable bonds is 3. The van der Waals surface area contributed by atoms with E-state index < -0.39 is 0 Å². The Morgan fingerprint density at radius 1 is 1.33 bits per heavy atom. The lowest BCUT2D eigenvalue weighted by Crippen LogP contribution is -1.96. The first kappa shape index (κ1) is 13.4. The van der Waals surface area contributed by atoms with Gasteiger partial charge in [-0.1, -0.05) is 24.6 Å². The van der Waals surface area contributed by atoms with Crippen molar-refractivity contribution in [3.63, 3.8) is 0 Å². The van der Waals surface area contributed by atoms with Gasteiger partial charge >= 0.3 is 0 Å². The minimum absolute atomic E-state index is 0.616. The molecular weight excluding hydrogens is 312 g/mol. The Morgan fingerprint density at radius 2 is 2.11 bits per heavy atom. The normalized spacial score (nSPS) is 10.4. The molecule has 0 unspecified atom stereocenters. The van der Waals surface area contributed by atoms with Gasteiger partial charge in [-0.2, -0.15) is 0 Å². The molecular formula is C14H14BrClN2. The summed E-state index contributed by atoms with van der Waals surface area (Å²) in [6, 6.07) is 8.14. The van der Waals surface area contributed by atoms with E-state index in [4.69, 9.17) is 11.6 Å². The maximum Gasteiger partial charge on any atom is 0.144 e. The molecule has 0 radical (unpaired) electrons. The summed E-state index contributed by atoms with van der Waals surface area (Å²) in [6.45, 7) is 4.28. The number of pyridine rings is 1. The molecule has 2 aromatic rings. The molecule has 1 heterocycles. The first-order valence-corrected chi connectivity index (χ1v) is 6.95. The summed E-state index contributed by atoms with van der Waals surface area (Å²) in [5.74, 6) is 0.769. The fraction of sp³-hybridized carbons (Fsp3) is 0.214. The molecule has 0 aliphatic rings. The number of hydrogen-bond acceptors (Lipinski definition) is 2. The Kier molecular flexibility index (Phi) is 4.25. The van der Waals surface area contributed by atoms with Gasteiger partial charge in [-0.25, -0.2) is 4.98 Å². The van der Waals surface area contributed by atoms with Crippen LogP contribution in [-0.2, 0) is 6.42 Å². The molecule has 0 amide bonds. The zero-order chi connectivity index (χ0) is 13.1. The molecule has 94 valence electrons. The average molecular weight is 326 g/mol. The van der Waals surface area contributed by atoms with Crippen molar-refractivity contribution in [3.05, 3.63) is 51.1 Å². The summed E-state index contributed by atoms with van der Waals surface area (Å²) in [4.78, 5) is 4.26. The van der Waals surface area contributed by atoms with E-state index in [2.05, 4.69) is 58.3 Å². The van der Waals surface area contributed by atoms with E-state index in [0.717, 1.165) is 22.4 Å². The molecule has 0 bridgehead atoms. The number of aryl methyl sites for hydroxylation is 2. The Morgan fingerprint density at radius 3 is 2.78 bits per heavy atom. The summed E-state index contributed by atoms with van der Waals surface area (Å²) in [5.41, 5.74) is 3.68. The van der Waals surface area contributed by atoms with Crippen LogP contribution in [0.1, 0.15) is 18.1 Å². The molecule has 1 aromatic carbocycles. The van der Waals surface area contributed by atoms with Crippen LogP contribution >= 0.6 is 27.5 Å². The minimum atomic E-state index is 0.616. The second-order valence-corrected chi connectivity index (χ2v) is 5.39. The lowest BCUT2D eigenvalue weighted by molar-refractivity contribution is 1.11. The van der Waals surface area contributed by atoms with E-state index in [0.29, 0.717) is 5.02 Å². The third-order valence-electron chi connectivity index (χ3n) is 2.80. The lowest BCUT2D eigenvalue weighted by Gasteiger charge is -2.10. The summed E-state index contributed by atoms with van der Waals surface area (Å²) in [6.07, 6.45) is 2.65. The minimum Gasteiger partial charge on any atom is -0.339 e. The SMILES string of the molecule is CCc1cc(Nc2ncc(Cl)cc2Br)ccc1C. The summed E-state index contributed by atoms with van der Waals surface area (Å²) >= 11 is 9.31. The van der Waals surface area contributed by atoms with Gasteiger partial charge < -0.3 is 5.32 Å². The summed E-state index contributed by atoms with van der Waals surface area (Å²) in [5, 5.41) is 3.90. The molecule has 0 aliphatic carbocycles. The largest absolute Gasteiger partial charge is 0.339 e. The molecule has 4 heteroatoms. The molecule has 1 aromatic heterocycles. The lowest BCUT2D eigenvalue weighted by atomic mass is 10.1. The van der Waals surface area contributed by atoms with Crippen LogP contribution in [0.4, 0.5) is 11.5 Å². The molecule has 0 aliphatic heterocycles. The molecule has 0 spiro atoms. The van der Waals surface area contributed by atoms with Crippen LogP contribution in [0.25, 0.3) is 0 Å². The second-order valence-electron chi connectivity index (χ2n) is 4.10. The second kappa shape index (κ2) is 5.72. The van der Waals surface area contributed by atoms with Crippen LogP contribution in [0, 0.1) is 6.92 Å². The van der Waals surface area contributed by atoms with E-state index in [1.807, 2.05) is 6.07 Å². The van der Waals surface area contributed by atoms with Gasteiger partial charge in [0.15, 0.2) is 0 Å². The highest BCUT2D eigenvalue weighted by Gasteiger charge is 2.04. The van der Waals surface area contributed by atoms with E-state index >= 15 is 0 Å². The van der Waals surface area contributed by atoms with Gasteiger partial charge in [0, 0.05) is 11.9 Å². The predicted molar refractivity (Wildman–Crippen MR) is 80.8 cm³/mol. The van der Waals surface area contributed by atoms with Crippen LogP contribution in [-0.4, -0.2) is 4.98 Å². The van der Waals surface area contributed by atoms with Crippen molar-refractivity contribution in [3.8, 4) is 0 Å². The molecule has 0 saturated heterocycles. The molecule has 0 saturated carbocycles. The van der Waals surface area contributed by atoms with Crippen LogP contribution in [0.15, 0.2) is 34.9 Å². The van der Waals surface area contributed by atoms with Gasteiger partial charge in [-0.3, -0.25) is 0 Å². The number of nitrogens with zero attached hydrogens (tertiary/aromatic N) is 1. The highest BCUT2D eigenvalue weighted by atomic mass is 79.9. The number of hydrogen-bond donors (Lipinski definition) is 1. The maximum atomic E-state index is 5.87. The van der Waals surface area contributed by atoms with Gasteiger partial charge in [0.25, 0.3) is 0 Å². The zero-order valence-electron chi connectivity index (χ0n) is 10.3. The molecule has 0 fully saturated rings. The standard InChI is InChI=1S/C14H14BrClN2/c1-3-10-6-12(5-4-9(10)2)18-14-13(15)7-11(16)8-17-14/h4-8H,3H2,1-2H3,(H,17,18). The highest BCUT2D eigenvalue weighted by Crippen LogP contribution is 2.27.